The lowest BCUT2D eigenvalue weighted by Crippen LogP contribution is -2.49. The molecule has 1 saturated heterocycles. The van der Waals surface area contributed by atoms with E-state index < -0.39 is 5.91 Å². The van der Waals surface area contributed by atoms with E-state index in [-0.39, 0.29) is 17.2 Å². The smallest absolute Gasteiger partial charge is 0.256 e. The summed E-state index contributed by atoms with van der Waals surface area (Å²) in [6, 6.07) is 9.57. The number of fused-ring (bicyclic) bond motifs is 1. The molecular weight excluding hydrogens is 380 g/mol. The normalized spacial score (nSPS) is 16.4. The van der Waals surface area contributed by atoms with Crippen LogP contribution in [0.2, 0.25) is 0 Å². The average molecular weight is 406 g/mol. The van der Waals surface area contributed by atoms with Gasteiger partial charge in [-0.15, -0.1) is 0 Å². The zero-order chi connectivity index (χ0) is 21.1. The van der Waals surface area contributed by atoms with Crippen molar-refractivity contribution < 1.29 is 4.79 Å². The molecule has 3 heterocycles. The third-order valence-corrected chi connectivity index (χ3v) is 5.50. The van der Waals surface area contributed by atoms with Crippen molar-refractivity contribution in [1.29, 1.82) is 0 Å². The molecule has 2 aromatic heterocycles. The molecule has 2 N–H and O–H groups in total. The highest BCUT2D eigenvalue weighted by Gasteiger charge is 2.23. The largest absolute Gasteiger partial charge is 0.355 e. The quantitative estimate of drug-likeness (QED) is 0.674. The number of amides is 1. The van der Waals surface area contributed by atoms with Crippen molar-refractivity contribution in [2.45, 2.75) is 32.4 Å². The molecule has 1 atom stereocenters. The Morgan fingerprint density at radius 1 is 1.30 bits per heavy atom. The fourth-order valence-corrected chi connectivity index (χ4v) is 3.92. The van der Waals surface area contributed by atoms with Crippen LogP contribution in [0.1, 0.15) is 36.5 Å². The third kappa shape index (κ3) is 3.66. The van der Waals surface area contributed by atoms with Crippen LogP contribution in [0.3, 0.4) is 0 Å². The SMILES string of the molecule is CCN(c1ncc2c(=O)c(C(=O)NC)cn(-c3ccccc3)c2n1)C1CCCCN1. The predicted molar refractivity (Wildman–Crippen MR) is 117 cm³/mol. The molecule has 0 spiro atoms. The van der Waals surface area contributed by atoms with E-state index in [9.17, 15) is 9.59 Å². The highest BCUT2D eigenvalue weighted by atomic mass is 16.2. The molecule has 1 unspecified atom stereocenters. The van der Waals surface area contributed by atoms with E-state index >= 15 is 0 Å². The van der Waals surface area contributed by atoms with E-state index in [1.54, 1.807) is 10.8 Å². The number of nitrogens with zero attached hydrogens (tertiary/aromatic N) is 4. The second kappa shape index (κ2) is 8.62. The summed E-state index contributed by atoms with van der Waals surface area (Å²) < 4.78 is 1.79. The van der Waals surface area contributed by atoms with Crippen molar-refractivity contribution in [3.63, 3.8) is 0 Å². The van der Waals surface area contributed by atoms with Crippen LogP contribution in [0.5, 0.6) is 0 Å². The van der Waals surface area contributed by atoms with Gasteiger partial charge in [0.2, 0.25) is 11.4 Å². The number of benzene rings is 1. The second-order valence-electron chi connectivity index (χ2n) is 7.32. The number of hydrogen-bond donors (Lipinski definition) is 2. The Hall–Kier alpha value is -3.26. The molecule has 30 heavy (non-hydrogen) atoms. The fourth-order valence-electron chi connectivity index (χ4n) is 3.92. The summed E-state index contributed by atoms with van der Waals surface area (Å²) in [4.78, 5) is 36.7. The molecule has 8 heteroatoms. The summed E-state index contributed by atoms with van der Waals surface area (Å²) in [5.74, 6) is 0.137. The van der Waals surface area contributed by atoms with Crippen molar-refractivity contribution in [2.24, 2.45) is 0 Å². The topological polar surface area (TPSA) is 92.2 Å². The molecular formula is C22H26N6O2. The Balaban J connectivity index is 1.91. The van der Waals surface area contributed by atoms with Gasteiger partial charge in [0.05, 0.1) is 11.6 Å². The van der Waals surface area contributed by atoms with Gasteiger partial charge in [-0.3, -0.25) is 14.9 Å². The van der Waals surface area contributed by atoms with Crippen LogP contribution in [-0.2, 0) is 0 Å². The Labute approximate surface area is 175 Å². The van der Waals surface area contributed by atoms with E-state index in [2.05, 4.69) is 27.4 Å². The van der Waals surface area contributed by atoms with Crippen LogP contribution < -0.4 is 21.0 Å². The van der Waals surface area contributed by atoms with Gasteiger partial charge >= 0.3 is 0 Å². The predicted octanol–water partition coefficient (Wildman–Crippen LogP) is 2.07. The molecule has 1 aliphatic heterocycles. The van der Waals surface area contributed by atoms with E-state index in [1.807, 2.05) is 30.3 Å². The minimum absolute atomic E-state index is 0.0616. The maximum atomic E-state index is 13.0. The van der Waals surface area contributed by atoms with Crippen LogP contribution in [0.4, 0.5) is 5.95 Å². The van der Waals surface area contributed by atoms with E-state index in [1.165, 1.54) is 19.7 Å². The first-order valence-corrected chi connectivity index (χ1v) is 10.3. The Morgan fingerprint density at radius 2 is 2.10 bits per heavy atom. The summed E-state index contributed by atoms with van der Waals surface area (Å²) in [6.45, 7) is 3.79. The third-order valence-electron chi connectivity index (χ3n) is 5.50. The van der Waals surface area contributed by atoms with Crippen LogP contribution in [0, 0.1) is 0 Å². The molecule has 0 bridgehead atoms. The van der Waals surface area contributed by atoms with Gasteiger partial charge in [-0.2, -0.15) is 4.98 Å². The number of aromatic nitrogens is 3. The summed E-state index contributed by atoms with van der Waals surface area (Å²) in [5, 5.41) is 6.38. The first-order chi connectivity index (χ1) is 14.6. The molecule has 1 aromatic carbocycles. The van der Waals surface area contributed by atoms with Crippen LogP contribution in [0.15, 0.2) is 47.5 Å². The Morgan fingerprint density at radius 3 is 2.77 bits per heavy atom. The van der Waals surface area contributed by atoms with Crippen molar-refractivity contribution in [3.8, 4) is 5.69 Å². The summed E-state index contributed by atoms with van der Waals surface area (Å²) >= 11 is 0. The van der Waals surface area contributed by atoms with Crippen molar-refractivity contribution in [2.75, 3.05) is 25.0 Å². The summed E-state index contributed by atoms with van der Waals surface area (Å²) in [7, 11) is 1.51. The minimum Gasteiger partial charge on any atom is -0.355 e. The first-order valence-electron chi connectivity index (χ1n) is 10.3. The molecule has 0 radical (unpaired) electrons. The molecule has 1 amide bonds. The zero-order valence-corrected chi connectivity index (χ0v) is 17.3. The molecule has 1 aliphatic rings. The lowest BCUT2D eigenvalue weighted by atomic mass is 10.1. The highest BCUT2D eigenvalue weighted by molar-refractivity contribution is 5.97. The van der Waals surface area contributed by atoms with Crippen molar-refractivity contribution >= 4 is 22.9 Å². The van der Waals surface area contributed by atoms with Crippen LogP contribution in [0.25, 0.3) is 16.7 Å². The van der Waals surface area contributed by atoms with E-state index in [4.69, 9.17) is 4.98 Å². The summed E-state index contributed by atoms with van der Waals surface area (Å²) in [5.41, 5.74) is 0.989. The number of nitrogens with one attached hydrogen (secondary N) is 2. The van der Waals surface area contributed by atoms with Gasteiger partial charge in [0.25, 0.3) is 5.91 Å². The molecule has 0 aliphatic carbocycles. The number of anilines is 1. The van der Waals surface area contributed by atoms with Crippen LogP contribution >= 0.6 is 0 Å². The first kappa shape index (κ1) is 20.0. The van der Waals surface area contributed by atoms with Gasteiger partial charge in [0.1, 0.15) is 5.56 Å². The van der Waals surface area contributed by atoms with E-state index in [0.717, 1.165) is 31.6 Å². The van der Waals surface area contributed by atoms with Crippen molar-refractivity contribution in [1.82, 2.24) is 25.2 Å². The molecule has 1 fully saturated rings. The van der Waals surface area contributed by atoms with Gasteiger partial charge in [0.15, 0.2) is 5.65 Å². The zero-order valence-electron chi connectivity index (χ0n) is 17.3. The van der Waals surface area contributed by atoms with Gasteiger partial charge in [-0.05, 0) is 44.9 Å². The Kier molecular flexibility index (Phi) is 5.76. The van der Waals surface area contributed by atoms with Gasteiger partial charge in [-0.25, -0.2) is 4.98 Å². The average Bonchev–Trinajstić information content (AvgIpc) is 2.80. The maximum absolute atomic E-state index is 13.0. The molecule has 156 valence electrons. The number of carbonyl (C=O) groups excluding carboxylic acids is 1. The number of para-hydroxylation sites is 1. The molecule has 4 rings (SSSR count). The van der Waals surface area contributed by atoms with Crippen LogP contribution in [-0.4, -0.2) is 46.7 Å². The Bertz CT molecular complexity index is 1110. The number of hydrogen-bond acceptors (Lipinski definition) is 6. The van der Waals surface area contributed by atoms with E-state index in [0.29, 0.717) is 17.0 Å². The monoisotopic (exact) mass is 406 g/mol. The second-order valence-corrected chi connectivity index (χ2v) is 7.32. The number of pyridine rings is 1. The van der Waals surface area contributed by atoms with Crippen molar-refractivity contribution in [3.05, 3.63) is 58.5 Å². The van der Waals surface area contributed by atoms with Gasteiger partial charge < -0.3 is 14.8 Å². The van der Waals surface area contributed by atoms with Gasteiger partial charge in [0, 0.05) is 31.7 Å². The van der Waals surface area contributed by atoms with Gasteiger partial charge in [-0.1, -0.05) is 18.2 Å². The number of piperidine rings is 1. The molecule has 8 nitrogen and oxygen atoms in total. The number of rotatable bonds is 5. The highest BCUT2D eigenvalue weighted by Crippen LogP contribution is 2.21. The minimum atomic E-state index is -0.433. The molecule has 3 aromatic rings. The lowest BCUT2D eigenvalue weighted by molar-refractivity contribution is 0.0961. The maximum Gasteiger partial charge on any atom is 0.256 e. The summed E-state index contributed by atoms with van der Waals surface area (Å²) in [6.07, 6.45) is 6.62. The molecule has 0 saturated carbocycles. The standard InChI is InChI=1S/C22H26N6O2/c1-3-27(18-11-7-8-12-24-18)22-25-13-16-19(29)17(21(30)23-2)14-28(20(16)26-22)15-9-5-4-6-10-15/h4-6,9-10,13-14,18,24H,3,7-8,11-12H2,1-2H3,(H,23,30). The number of carbonyl (C=O) groups is 1. The lowest BCUT2D eigenvalue weighted by Gasteiger charge is -2.34. The fraction of sp³-hybridized carbons (Fsp3) is 0.364.